The summed E-state index contributed by atoms with van der Waals surface area (Å²) < 4.78 is 24.4. The van der Waals surface area contributed by atoms with Crippen molar-refractivity contribution in [3.8, 4) is 11.5 Å². The first kappa shape index (κ1) is 21.9. The van der Waals surface area contributed by atoms with Gasteiger partial charge in [-0.25, -0.2) is 9.18 Å². The highest BCUT2D eigenvalue weighted by Gasteiger charge is 2.37. The van der Waals surface area contributed by atoms with Crippen LogP contribution in [0.3, 0.4) is 0 Å². The number of benzene rings is 2. The van der Waals surface area contributed by atoms with Crippen molar-refractivity contribution in [3.63, 3.8) is 0 Å². The van der Waals surface area contributed by atoms with Crippen molar-refractivity contribution in [2.24, 2.45) is 0 Å². The number of fused-ring (bicyclic) bond motifs is 1. The van der Waals surface area contributed by atoms with Crippen molar-refractivity contribution in [2.45, 2.75) is 38.9 Å². The molecule has 2 aromatic carbocycles. The lowest BCUT2D eigenvalue weighted by molar-refractivity contribution is -0.948. The van der Waals surface area contributed by atoms with Crippen LogP contribution in [-0.4, -0.2) is 39.4 Å². The molecular weight excluding hydrogens is 385 g/mol. The van der Waals surface area contributed by atoms with Gasteiger partial charge in [-0.15, -0.1) is 0 Å². The van der Waals surface area contributed by atoms with Crippen molar-refractivity contribution >= 4 is 6.03 Å². The second kappa shape index (κ2) is 9.80. The van der Waals surface area contributed by atoms with Gasteiger partial charge < -0.3 is 25.0 Å². The summed E-state index contributed by atoms with van der Waals surface area (Å²) in [5.74, 6) is 1.15. The van der Waals surface area contributed by atoms with Crippen molar-refractivity contribution in [3.05, 3.63) is 58.9 Å². The second-order valence-corrected chi connectivity index (χ2v) is 7.64. The predicted molar refractivity (Wildman–Crippen MR) is 114 cm³/mol. The number of carbonyl (C=O) groups excluding carboxylic acids is 1. The molecule has 0 spiro atoms. The van der Waals surface area contributed by atoms with Crippen LogP contribution in [0.15, 0.2) is 36.4 Å². The van der Waals surface area contributed by atoms with Crippen LogP contribution in [0.2, 0.25) is 0 Å². The van der Waals surface area contributed by atoms with Gasteiger partial charge in [-0.05, 0) is 43.7 Å². The zero-order valence-electron chi connectivity index (χ0n) is 18.0. The molecule has 3 N–H and O–H groups in total. The van der Waals surface area contributed by atoms with Crippen molar-refractivity contribution in [1.82, 2.24) is 10.6 Å². The predicted octanol–water partition coefficient (Wildman–Crippen LogP) is 2.23. The molecular formula is C23H31FN3O3+. The molecule has 0 aromatic heterocycles. The summed E-state index contributed by atoms with van der Waals surface area (Å²) in [4.78, 5) is 13.5. The highest BCUT2D eigenvalue weighted by molar-refractivity contribution is 5.74. The number of nitrogens with one attached hydrogen (secondary N) is 3. The Bertz CT molecular complexity index is 873. The van der Waals surface area contributed by atoms with Crippen LogP contribution in [0.1, 0.15) is 36.6 Å². The van der Waals surface area contributed by atoms with E-state index in [1.165, 1.54) is 22.6 Å². The van der Waals surface area contributed by atoms with Crippen LogP contribution in [0.5, 0.6) is 11.5 Å². The van der Waals surface area contributed by atoms with E-state index in [1.807, 2.05) is 38.1 Å². The largest absolute Gasteiger partial charge is 0.493 e. The Morgan fingerprint density at radius 3 is 2.50 bits per heavy atom. The van der Waals surface area contributed by atoms with Gasteiger partial charge in [0.25, 0.3) is 0 Å². The van der Waals surface area contributed by atoms with E-state index in [0.29, 0.717) is 18.0 Å². The monoisotopic (exact) mass is 416 g/mol. The maximum Gasteiger partial charge on any atom is 0.315 e. The van der Waals surface area contributed by atoms with Crippen molar-refractivity contribution < 1.29 is 23.6 Å². The molecule has 0 radical (unpaired) electrons. The fourth-order valence-corrected chi connectivity index (χ4v) is 4.30. The zero-order valence-corrected chi connectivity index (χ0v) is 18.0. The number of ether oxygens (including phenoxy) is 2. The number of carbonyl (C=O) groups is 1. The summed E-state index contributed by atoms with van der Waals surface area (Å²) in [6, 6.07) is 10.4. The van der Waals surface area contributed by atoms with Crippen LogP contribution >= 0.6 is 0 Å². The van der Waals surface area contributed by atoms with Crippen LogP contribution in [0, 0.1) is 5.82 Å². The number of quaternary nitrogens is 1. The average Bonchev–Trinajstić information content (AvgIpc) is 2.74. The molecule has 0 fully saturated rings. The van der Waals surface area contributed by atoms with Gasteiger partial charge in [0.15, 0.2) is 11.5 Å². The van der Waals surface area contributed by atoms with Gasteiger partial charge in [0, 0.05) is 24.1 Å². The summed E-state index contributed by atoms with van der Waals surface area (Å²) in [6.07, 6.45) is 0.886. The summed E-state index contributed by atoms with van der Waals surface area (Å²) in [7, 11) is 3.26. The van der Waals surface area contributed by atoms with Gasteiger partial charge in [-0.2, -0.15) is 0 Å². The van der Waals surface area contributed by atoms with E-state index < -0.39 is 0 Å². The van der Waals surface area contributed by atoms with Gasteiger partial charge in [0.1, 0.15) is 18.4 Å². The topological polar surface area (TPSA) is 64.0 Å². The molecule has 1 aliphatic heterocycles. The zero-order chi connectivity index (χ0) is 21.7. The van der Waals surface area contributed by atoms with Gasteiger partial charge in [0.2, 0.25) is 0 Å². The van der Waals surface area contributed by atoms with E-state index in [1.54, 1.807) is 14.2 Å². The quantitative estimate of drug-likeness (QED) is 0.649. The Labute approximate surface area is 177 Å². The minimum absolute atomic E-state index is 0.0150. The third-order valence-electron chi connectivity index (χ3n) is 5.68. The maximum atomic E-state index is 13.4. The first-order valence-electron chi connectivity index (χ1n) is 10.3. The number of hydrogen-bond donors (Lipinski definition) is 3. The molecule has 162 valence electrons. The molecule has 0 bridgehead atoms. The van der Waals surface area contributed by atoms with Crippen molar-refractivity contribution in [1.29, 1.82) is 0 Å². The van der Waals surface area contributed by atoms with Gasteiger partial charge in [0.05, 0.1) is 26.8 Å². The highest BCUT2D eigenvalue weighted by Crippen LogP contribution is 2.35. The van der Waals surface area contributed by atoms with E-state index in [4.69, 9.17) is 9.47 Å². The molecule has 1 aliphatic rings. The standard InChI is InChI=1S/C23H30FN3O3/c1-5-25-23(28)26-15(2)22-19-13-21(30-4)20(29-3)12-17(19)10-11-27(22)14-16-6-8-18(24)9-7-16/h6-9,12-13,15,22H,5,10-11,14H2,1-4H3,(H2,25,26,28)/p+1/t15-,22+/m1/s1. The summed E-state index contributed by atoms with van der Waals surface area (Å²) in [6.45, 7) is 6.11. The van der Waals surface area contributed by atoms with E-state index in [9.17, 15) is 9.18 Å². The fourth-order valence-electron chi connectivity index (χ4n) is 4.30. The van der Waals surface area contributed by atoms with Crippen LogP contribution in [0.25, 0.3) is 0 Å². The third kappa shape index (κ3) is 4.84. The normalized spacial score (nSPS) is 18.8. The smallest absolute Gasteiger partial charge is 0.315 e. The van der Waals surface area contributed by atoms with Gasteiger partial charge >= 0.3 is 6.03 Å². The minimum Gasteiger partial charge on any atom is -0.493 e. The van der Waals surface area contributed by atoms with Gasteiger partial charge in [-0.1, -0.05) is 12.1 Å². The number of amides is 2. The number of methoxy groups -OCH3 is 2. The molecule has 30 heavy (non-hydrogen) atoms. The van der Waals surface area contributed by atoms with Crippen LogP contribution in [-0.2, 0) is 13.0 Å². The number of urea groups is 1. The molecule has 1 unspecified atom stereocenters. The Hall–Kier alpha value is -2.80. The van der Waals surface area contributed by atoms with Crippen molar-refractivity contribution in [2.75, 3.05) is 27.3 Å². The molecule has 3 rings (SSSR count). The Kier molecular flexibility index (Phi) is 7.15. The average molecular weight is 417 g/mol. The lowest BCUT2D eigenvalue weighted by atomic mass is 9.87. The number of hydrogen-bond acceptors (Lipinski definition) is 3. The van der Waals surface area contributed by atoms with E-state index >= 15 is 0 Å². The van der Waals surface area contributed by atoms with E-state index in [0.717, 1.165) is 30.6 Å². The fraction of sp³-hybridized carbons (Fsp3) is 0.435. The lowest BCUT2D eigenvalue weighted by Gasteiger charge is -2.38. The second-order valence-electron chi connectivity index (χ2n) is 7.64. The molecule has 3 atom stereocenters. The van der Waals surface area contributed by atoms with Crippen LogP contribution < -0.4 is 25.0 Å². The number of halogens is 1. The van der Waals surface area contributed by atoms with Crippen LogP contribution in [0.4, 0.5) is 9.18 Å². The molecule has 7 heteroatoms. The minimum atomic E-state index is -0.239. The molecule has 2 aromatic rings. The van der Waals surface area contributed by atoms with E-state index in [-0.39, 0.29) is 23.9 Å². The molecule has 1 heterocycles. The highest BCUT2D eigenvalue weighted by atomic mass is 19.1. The summed E-state index contributed by atoms with van der Waals surface area (Å²) >= 11 is 0. The first-order chi connectivity index (χ1) is 14.5. The van der Waals surface area contributed by atoms with Gasteiger partial charge in [-0.3, -0.25) is 0 Å². The number of rotatable bonds is 7. The first-order valence-corrected chi connectivity index (χ1v) is 10.3. The maximum absolute atomic E-state index is 13.4. The Morgan fingerprint density at radius 2 is 1.87 bits per heavy atom. The lowest BCUT2D eigenvalue weighted by Crippen LogP contribution is -3.13. The Balaban J connectivity index is 1.96. The third-order valence-corrected chi connectivity index (χ3v) is 5.68. The molecule has 6 nitrogen and oxygen atoms in total. The molecule has 2 amide bonds. The molecule has 0 saturated heterocycles. The summed E-state index contributed by atoms with van der Waals surface area (Å²) in [5, 5.41) is 5.88. The van der Waals surface area contributed by atoms with E-state index in [2.05, 4.69) is 10.6 Å². The Morgan fingerprint density at radius 1 is 1.20 bits per heavy atom. The molecule has 0 saturated carbocycles. The summed E-state index contributed by atoms with van der Waals surface area (Å²) in [5.41, 5.74) is 3.40. The molecule has 0 aliphatic carbocycles. The SMILES string of the molecule is CCNC(=O)N[C@H](C)[C@H]1c2cc(OC)c(OC)cc2CC[NH+]1Cc1ccc(F)cc1.